The highest BCUT2D eigenvalue weighted by Gasteiger charge is 2.45. The maximum absolute atomic E-state index is 13.5. The van der Waals surface area contributed by atoms with Crippen molar-refractivity contribution in [2.75, 3.05) is 11.9 Å². The van der Waals surface area contributed by atoms with Gasteiger partial charge >= 0.3 is 12.1 Å². The second kappa shape index (κ2) is 11.1. The molecule has 0 fully saturated rings. The van der Waals surface area contributed by atoms with Gasteiger partial charge in [0.15, 0.2) is 0 Å². The van der Waals surface area contributed by atoms with E-state index in [1.807, 2.05) is 0 Å². The maximum atomic E-state index is 13.5. The summed E-state index contributed by atoms with van der Waals surface area (Å²) >= 11 is 12.0. The van der Waals surface area contributed by atoms with E-state index in [0.29, 0.717) is 17.0 Å². The number of anilines is 1. The fourth-order valence-electron chi connectivity index (χ4n) is 3.25. The zero-order valence-electron chi connectivity index (χ0n) is 17.8. The molecule has 0 heterocycles. The largest absolute Gasteiger partial charge is 0.466 e. The summed E-state index contributed by atoms with van der Waals surface area (Å²) in [6.45, 7) is 4.62. The molecule has 3 unspecified atom stereocenters. The smallest absolute Gasteiger partial charge is 0.392 e. The monoisotopic (exact) mass is 489 g/mol. The van der Waals surface area contributed by atoms with Crippen molar-refractivity contribution in [1.82, 2.24) is 0 Å². The molecule has 0 aromatic heterocycles. The maximum Gasteiger partial charge on any atom is 0.392 e. The Hall–Kier alpha value is -2.25. The van der Waals surface area contributed by atoms with Crippen molar-refractivity contribution in [1.29, 1.82) is 0 Å². The van der Waals surface area contributed by atoms with Crippen LogP contribution in [0.25, 0.3) is 0 Å². The molecule has 4 nitrogen and oxygen atoms in total. The number of halogens is 5. The molecule has 0 bridgehead atoms. The zero-order valence-corrected chi connectivity index (χ0v) is 19.3. The van der Waals surface area contributed by atoms with Gasteiger partial charge in [0, 0.05) is 5.02 Å². The molecule has 3 atom stereocenters. The minimum Gasteiger partial charge on any atom is -0.466 e. The summed E-state index contributed by atoms with van der Waals surface area (Å²) in [7, 11) is 0. The molecule has 0 saturated carbocycles. The van der Waals surface area contributed by atoms with Gasteiger partial charge in [-0.15, -0.1) is 0 Å². The predicted molar refractivity (Wildman–Crippen MR) is 119 cm³/mol. The molecule has 0 aliphatic heterocycles. The van der Waals surface area contributed by atoms with Gasteiger partial charge in [0.05, 0.1) is 35.1 Å². The Labute approximate surface area is 195 Å². The van der Waals surface area contributed by atoms with Crippen LogP contribution in [0.4, 0.5) is 18.9 Å². The Morgan fingerprint density at radius 3 is 2.25 bits per heavy atom. The molecule has 0 saturated heterocycles. The molecule has 0 radical (unpaired) electrons. The zero-order chi connectivity index (χ0) is 24.1. The van der Waals surface area contributed by atoms with E-state index >= 15 is 0 Å². The number of esters is 1. The molecule has 2 rings (SSSR count). The first-order valence-corrected chi connectivity index (χ1v) is 10.8. The van der Waals surface area contributed by atoms with Gasteiger partial charge in [-0.05, 0) is 48.7 Å². The summed E-state index contributed by atoms with van der Waals surface area (Å²) in [5.74, 6) is -5.11. The first-order valence-electron chi connectivity index (χ1n) is 10.0. The molecule has 1 amide bonds. The first-order chi connectivity index (χ1) is 14.9. The van der Waals surface area contributed by atoms with Crippen LogP contribution in [0.15, 0.2) is 42.5 Å². The molecule has 2 aromatic carbocycles. The number of hydrogen-bond acceptors (Lipinski definition) is 3. The van der Waals surface area contributed by atoms with E-state index in [1.165, 1.54) is 30.3 Å². The number of carbonyl (C=O) groups excluding carboxylic acids is 2. The number of alkyl halides is 3. The second-order valence-corrected chi connectivity index (χ2v) is 8.36. The van der Waals surface area contributed by atoms with Gasteiger partial charge < -0.3 is 10.1 Å². The van der Waals surface area contributed by atoms with Crippen LogP contribution in [0, 0.1) is 11.8 Å². The van der Waals surface area contributed by atoms with Gasteiger partial charge in [0.1, 0.15) is 0 Å². The van der Waals surface area contributed by atoms with Gasteiger partial charge in [-0.25, -0.2) is 0 Å². The van der Waals surface area contributed by atoms with E-state index in [9.17, 15) is 22.8 Å². The minimum atomic E-state index is -4.59. The van der Waals surface area contributed by atoms with Crippen molar-refractivity contribution >= 4 is 40.8 Å². The highest BCUT2D eigenvalue weighted by Crippen LogP contribution is 2.39. The van der Waals surface area contributed by atoms with Gasteiger partial charge in [0.25, 0.3) is 0 Å². The van der Waals surface area contributed by atoms with Crippen LogP contribution in [-0.4, -0.2) is 24.7 Å². The molecule has 0 spiro atoms. The number of nitrogens with one attached hydrogen (secondary N) is 1. The van der Waals surface area contributed by atoms with Crippen LogP contribution in [0.1, 0.15) is 37.8 Å². The van der Waals surface area contributed by atoms with Crippen molar-refractivity contribution in [3.8, 4) is 0 Å². The van der Waals surface area contributed by atoms with E-state index in [1.54, 1.807) is 26.0 Å². The summed E-state index contributed by atoms with van der Waals surface area (Å²) in [5, 5.41) is 3.04. The molecule has 2 aromatic rings. The van der Waals surface area contributed by atoms with Crippen molar-refractivity contribution < 1.29 is 27.5 Å². The first kappa shape index (κ1) is 26.0. The summed E-state index contributed by atoms with van der Waals surface area (Å²) in [4.78, 5) is 24.9. The van der Waals surface area contributed by atoms with E-state index in [4.69, 9.17) is 27.9 Å². The van der Waals surface area contributed by atoms with Gasteiger partial charge in [-0.3, -0.25) is 9.59 Å². The van der Waals surface area contributed by atoms with Crippen LogP contribution in [0.5, 0.6) is 0 Å². The lowest BCUT2D eigenvalue weighted by atomic mass is 9.86. The van der Waals surface area contributed by atoms with E-state index in [2.05, 4.69) is 5.32 Å². The SMILES string of the molecule is CCOC(=O)C(C)Cc1ccc(Cl)c(NC(=O)C(c2ccc(Cl)cc2)C(C)C(F)(F)F)c1. The van der Waals surface area contributed by atoms with Crippen LogP contribution < -0.4 is 5.32 Å². The fourth-order valence-corrected chi connectivity index (χ4v) is 3.54. The quantitative estimate of drug-likeness (QED) is 0.422. The molecule has 0 aliphatic carbocycles. The van der Waals surface area contributed by atoms with Gasteiger partial charge in [0.2, 0.25) is 5.91 Å². The third kappa shape index (κ3) is 6.87. The fraction of sp³-hybridized carbons (Fsp3) is 0.391. The minimum absolute atomic E-state index is 0.165. The van der Waals surface area contributed by atoms with Crippen molar-refractivity contribution in [2.24, 2.45) is 11.8 Å². The lowest BCUT2D eigenvalue weighted by Gasteiger charge is -2.26. The number of hydrogen-bond donors (Lipinski definition) is 1. The lowest BCUT2D eigenvalue weighted by molar-refractivity contribution is -0.178. The molecule has 0 aliphatic rings. The predicted octanol–water partition coefficient (Wildman–Crippen LogP) is 6.66. The normalized spacial score (nSPS) is 14.4. The average Bonchev–Trinajstić information content (AvgIpc) is 2.71. The number of amides is 1. The summed E-state index contributed by atoms with van der Waals surface area (Å²) in [6, 6.07) is 10.4. The van der Waals surface area contributed by atoms with Crippen LogP contribution in [0.3, 0.4) is 0 Å². The van der Waals surface area contributed by atoms with Crippen LogP contribution >= 0.6 is 23.2 Å². The molecular formula is C23H24Cl2F3NO3. The highest BCUT2D eigenvalue weighted by molar-refractivity contribution is 6.33. The van der Waals surface area contributed by atoms with E-state index < -0.39 is 29.8 Å². The molecule has 174 valence electrons. The third-order valence-corrected chi connectivity index (χ3v) is 5.63. The molecule has 9 heteroatoms. The van der Waals surface area contributed by atoms with Crippen LogP contribution in [0.2, 0.25) is 10.0 Å². The summed E-state index contributed by atoms with van der Waals surface area (Å²) < 4.78 is 45.5. The molecule has 1 N–H and O–H groups in total. The van der Waals surface area contributed by atoms with Gasteiger partial charge in [-0.2, -0.15) is 13.2 Å². The average molecular weight is 490 g/mol. The lowest BCUT2D eigenvalue weighted by Crippen LogP contribution is -2.34. The Morgan fingerprint density at radius 1 is 1.06 bits per heavy atom. The highest BCUT2D eigenvalue weighted by atomic mass is 35.5. The Balaban J connectivity index is 2.30. The standard InChI is InChI=1S/C23H24Cl2F3NO3/c1-4-32-22(31)13(2)11-15-5-10-18(25)19(12-15)29-21(30)20(14(3)23(26,27)28)16-6-8-17(24)9-7-16/h5-10,12-14,20H,4,11H2,1-3H3,(H,29,30). The second-order valence-electron chi connectivity index (χ2n) is 7.52. The number of benzene rings is 2. The van der Waals surface area contributed by atoms with Gasteiger partial charge in [-0.1, -0.05) is 55.2 Å². The molecular weight excluding hydrogens is 466 g/mol. The molecule has 32 heavy (non-hydrogen) atoms. The topological polar surface area (TPSA) is 55.4 Å². The third-order valence-electron chi connectivity index (χ3n) is 5.05. The van der Waals surface area contributed by atoms with E-state index in [0.717, 1.165) is 6.92 Å². The number of rotatable bonds is 8. The number of carbonyl (C=O) groups is 2. The number of ether oxygens (including phenoxy) is 1. The van der Waals surface area contributed by atoms with E-state index in [-0.39, 0.29) is 28.8 Å². The van der Waals surface area contributed by atoms with Crippen LogP contribution in [-0.2, 0) is 20.7 Å². The Kier molecular flexibility index (Phi) is 8.98. The van der Waals surface area contributed by atoms with Crippen molar-refractivity contribution in [3.05, 3.63) is 63.6 Å². The van der Waals surface area contributed by atoms with Crippen molar-refractivity contribution in [2.45, 2.75) is 39.3 Å². The van der Waals surface area contributed by atoms with Crippen molar-refractivity contribution in [3.63, 3.8) is 0 Å². The Morgan fingerprint density at radius 2 is 1.69 bits per heavy atom. The Bertz CT molecular complexity index is 948. The summed E-state index contributed by atoms with van der Waals surface area (Å²) in [5.41, 5.74) is 1.02. The summed E-state index contributed by atoms with van der Waals surface area (Å²) in [6.07, 6.45) is -4.28.